The van der Waals surface area contributed by atoms with Crippen LogP contribution in [0.25, 0.3) is 10.4 Å². The molecule has 0 radical (unpaired) electrons. The Morgan fingerprint density at radius 1 is 1.14 bits per heavy atom. The lowest BCUT2D eigenvalue weighted by Crippen LogP contribution is -2.58. The summed E-state index contributed by atoms with van der Waals surface area (Å²) in [5.74, 6) is -0.780. The predicted molar refractivity (Wildman–Crippen MR) is 144 cm³/mol. The molecule has 1 aromatic carbocycles. The van der Waals surface area contributed by atoms with E-state index in [1.165, 1.54) is 4.90 Å². The number of thiazole rings is 1. The van der Waals surface area contributed by atoms with Crippen LogP contribution in [0.2, 0.25) is 0 Å². The minimum atomic E-state index is -0.784. The zero-order valence-electron chi connectivity index (χ0n) is 22.1. The van der Waals surface area contributed by atoms with Crippen LogP contribution in [0.3, 0.4) is 0 Å². The lowest BCUT2D eigenvalue weighted by atomic mass is 9.85. The topological polar surface area (TPSA) is 112 Å². The highest BCUT2D eigenvalue weighted by molar-refractivity contribution is 7.13. The third-order valence-corrected chi connectivity index (χ3v) is 8.40. The van der Waals surface area contributed by atoms with Crippen molar-refractivity contribution >= 4 is 29.1 Å². The minimum absolute atomic E-state index is 0.0627. The van der Waals surface area contributed by atoms with Crippen LogP contribution in [0.4, 0.5) is 0 Å². The van der Waals surface area contributed by atoms with E-state index in [1.54, 1.807) is 11.3 Å². The molecule has 1 aliphatic carbocycles. The smallest absolute Gasteiger partial charge is 0.246 e. The Bertz CT molecular complexity index is 1120. The quantitative estimate of drug-likeness (QED) is 0.512. The molecule has 1 unspecified atom stereocenters. The number of amides is 3. The summed E-state index contributed by atoms with van der Waals surface area (Å²) in [6, 6.07) is 6.40. The molecule has 2 aromatic rings. The average Bonchev–Trinajstić information content (AvgIpc) is 3.61. The number of aliphatic hydroxyl groups is 1. The molecule has 2 fully saturated rings. The second kappa shape index (κ2) is 11.3. The van der Waals surface area contributed by atoms with Crippen molar-refractivity contribution in [1.82, 2.24) is 20.5 Å². The largest absolute Gasteiger partial charge is 0.391 e. The Labute approximate surface area is 222 Å². The van der Waals surface area contributed by atoms with E-state index in [1.807, 2.05) is 57.5 Å². The van der Waals surface area contributed by atoms with E-state index >= 15 is 0 Å². The van der Waals surface area contributed by atoms with Crippen LogP contribution in [-0.4, -0.2) is 57.4 Å². The first-order chi connectivity index (χ1) is 17.5. The second-order valence-electron chi connectivity index (χ2n) is 11.4. The summed E-state index contributed by atoms with van der Waals surface area (Å²) >= 11 is 1.59. The van der Waals surface area contributed by atoms with Gasteiger partial charge >= 0.3 is 0 Å². The maximum atomic E-state index is 13.7. The molecule has 9 heteroatoms. The Balaban J connectivity index is 1.41. The minimum Gasteiger partial charge on any atom is -0.391 e. The van der Waals surface area contributed by atoms with E-state index in [9.17, 15) is 19.5 Å². The highest BCUT2D eigenvalue weighted by Gasteiger charge is 2.45. The Hall–Kier alpha value is -2.78. The second-order valence-corrected chi connectivity index (χ2v) is 12.2. The molecular formula is C28H38N4O4S. The van der Waals surface area contributed by atoms with Crippen molar-refractivity contribution in [3.63, 3.8) is 0 Å². The van der Waals surface area contributed by atoms with Crippen molar-refractivity contribution in [2.24, 2.45) is 11.3 Å². The number of benzene rings is 1. The first-order valence-electron chi connectivity index (χ1n) is 13.1. The van der Waals surface area contributed by atoms with Crippen LogP contribution in [0.5, 0.6) is 0 Å². The highest BCUT2D eigenvalue weighted by atomic mass is 32.1. The molecule has 3 N–H and O–H groups in total. The zero-order chi connectivity index (χ0) is 26.7. The molecule has 8 nitrogen and oxygen atoms in total. The SMILES string of the molecule is Cc1ncsc1-c1ccc(CNC(=O)[C@@H]2C[C@@H](O)CN2C(=O)C(NC(=O)C2CCCC2)C(C)(C)C)cc1. The Kier molecular flexibility index (Phi) is 8.33. The number of rotatable bonds is 7. The first kappa shape index (κ1) is 27.3. The van der Waals surface area contributed by atoms with Crippen LogP contribution in [0.15, 0.2) is 29.8 Å². The van der Waals surface area contributed by atoms with E-state index in [2.05, 4.69) is 15.6 Å². The van der Waals surface area contributed by atoms with E-state index in [0.717, 1.165) is 47.4 Å². The van der Waals surface area contributed by atoms with E-state index in [4.69, 9.17) is 0 Å². The zero-order valence-corrected chi connectivity index (χ0v) is 22.9. The van der Waals surface area contributed by atoms with Crippen molar-refractivity contribution < 1.29 is 19.5 Å². The van der Waals surface area contributed by atoms with Gasteiger partial charge in [0.2, 0.25) is 17.7 Å². The predicted octanol–water partition coefficient (Wildman–Crippen LogP) is 3.42. The fourth-order valence-electron chi connectivity index (χ4n) is 5.23. The van der Waals surface area contributed by atoms with Crippen LogP contribution in [0, 0.1) is 18.3 Å². The summed E-state index contributed by atoms with van der Waals surface area (Å²) in [5, 5.41) is 16.3. The van der Waals surface area contributed by atoms with E-state index < -0.39 is 23.6 Å². The van der Waals surface area contributed by atoms with Gasteiger partial charge in [-0.25, -0.2) is 4.98 Å². The number of hydrogen-bond acceptors (Lipinski definition) is 6. The monoisotopic (exact) mass is 526 g/mol. The number of β-amino-alcohol motifs (C(OH)–C–C–N with tert-alkyl or cyclic N) is 1. The van der Waals surface area contributed by atoms with Crippen molar-refractivity contribution in [3.8, 4) is 10.4 Å². The summed E-state index contributed by atoms with van der Waals surface area (Å²) in [6.45, 7) is 8.09. The number of carbonyl (C=O) groups excluding carboxylic acids is 3. The molecule has 2 aliphatic rings. The third kappa shape index (κ3) is 6.38. The van der Waals surface area contributed by atoms with Gasteiger partial charge in [0.15, 0.2) is 0 Å². The van der Waals surface area contributed by atoms with E-state index in [0.29, 0.717) is 6.54 Å². The van der Waals surface area contributed by atoms with Gasteiger partial charge in [-0.15, -0.1) is 11.3 Å². The molecule has 200 valence electrons. The van der Waals surface area contributed by atoms with Crippen LogP contribution in [0.1, 0.15) is 64.1 Å². The molecule has 37 heavy (non-hydrogen) atoms. The molecule has 1 aromatic heterocycles. The summed E-state index contributed by atoms with van der Waals surface area (Å²) in [4.78, 5) is 46.6. The number of likely N-dealkylation sites (tertiary alicyclic amines) is 1. The van der Waals surface area contributed by atoms with Gasteiger partial charge in [0.25, 0.3) is 0 Å². The van der Waals surface area contributed by atoms with Gasteiger partial charge < -0.3 is 20.6 Å². The molecule has 1 saturated carbocycles. The van der Waals surface area contributed by atoms with Crippen molar-refractivity contribution in [3.05, 3.63) is 41.0 Å². The van der Waals surface area contributed by atoms with Gasteiger partial charge in [-0.1, -0.05) is 57.9 Å². The van der Waals surface area contributed by atoms with Crippen LogP contribution >= 0.6 is 11.3 Å². The lowest BCUT2D eigenvalue weighted by molar-refractivity contribution is -0.144. The summed E-state index contributed by atoms with van der Waals surface area (Å²) in [5.41, 5.74) is 4.29. The molecule has 1 aliphatic heterocycles. The maximum Gasteiger partial charge on any atom is 0.246 e. The molecular weight excluding hydrogens is 488 g/mol. The summed E-state index contributed by atoms with van der Waals surface area (Å²) in [6.07, 6.45) is 3.13. The van der Waals surface area contributed by atoms with Gasteiger partial charge in [0.1, 0.15) is 12.1 Å². The first-order valence-corrected chi connectivity index (χ1v) is 14.0. The number of nitrogens with zero attached hydrogens (tertiary/aromatic N) is 2. The number of aromatic nitrogens is 1. The fourth-order valence-corrected chi connectivity index (χ4v) is 6.04. The van der Waals surface area contributed by atoms with Gasteiger partial charge in [-0.3, -0.25) is 14.4 Å². The molecule has 0 spiro atoms. The van der Waals surface area contributed by atoms with Gasteiger partial charge in [-0.05, 0) is 36.3 Å². The van der Waals surface area contributed by atoms with Gasteiger partial charge in [0.05, 0.1) is 22.2 Å². The molecule has 3 amide bonds. The summed E-state index contributed by atoms with van der Waals surface area (Å²) < 4.78 is 0. The van der Waals surface area contributed by atoms with Crippen molar-refractivity contribution in [1.29, 1.82) is 0 Å². The highest BCUT2D eigenvalue weighted by Crippen LogP contribution is 2.30. The lowest BCUT2D eigenvalue weighted by Gasteiger charge is -2.35. The Morgan fingerprint density at radius 3 is 2.41 bits per heavy atom. The number of nitrogens with one attached hydrogen (secondary N) is 2. The van der Waals surface area contributed by atoms with E-state index in [-0.39, 0.29) is 36.6 Å². The fraction of sp³-hybridized carbons (Fsp3) is 0.571. The standard InChI is InChI=1S/C28H38N4O4S/c1-17-23(37-16-30-17)19-11-9-18(10-12-19)14-29-26(35)22-13-21(33)15-32(22)27(36)24(28(2,3)4)31-25(34)20-7-5-6-8-20/h9-12,16,20-22,24,33H,5-8,13-15H2,1-4H3,(H,29,35)(H,31,34)/t21-,22+,24?/m1/s1. The number of carbonyl (C=O) groups is 3. The molecule has 0 bridgehead atoms. The average molecular weight is 527 g/mol. The maximum absolute atomic E-state index is 13.7. The van der Waals surface area contributed by atoms with Crippen molar-refractivity contribution in [2.75, 3.05) is 6.54 Å². The Morgan fingerprint density at radius 2 is 1.81 bits per heavy atom. The molecule has 2 heterocycles. The van der Waals surface area contributed by atoms with Gasteiger partial charge in [-0.2, -0.15) is 0 Å². The van der Waals surface area contributed by atoms with Crippen molar-refractivity contribution in [2.45, 2.75) is 84.5 Å². The van der Waals surface area contributed by atoms with Crippen LogP contribution in [-0.2, 0) is 20.9 Å². The number of aliphatic hydroxyl groups excluding tert-OH is 1. The van der Waals surface area contributed by atoms with Crippen LogP contribution < -0.4 is 10.6 Å². The van der Waals surface area contributed by atoms with Gasteiger partial charge in [0, 0.05) is 25.4 Å². The normalized spacial score (nSPS) is 21.2. The summed E-state index contributed by atoms with van der Waals surface area (Å²) in [7, 11) is 0. The molecule has 4 rings (SSSR count). The molecule has 3 atom stereocenters. The number of aryl methyl sites for hydroxylation is 1. The molecule has 1 saturated heterocycles. The third-order valence-electron chi connectivity index (χ3n) is 7.42. The number of hydrogen-bond donors (Lipinski definition) is 3.